The van der Waals surface area contributed by atoms with E-state index >= 15 is 0 Å². The molecule has 0 aliphatic carbocycles. The van der Waals surface area contributed by atoms with Gasteiger partial charge in [0.2, 0.25) is 0 Å². The first kappa shape index (κ1) is 14.4. The quantitative estimate of drug-likeness (QED) is 0.773. The zero-order chi connectivity index (χ0) is 14.4. The van der Waals surface area contributed by atoms with Crippen molar-refractivity contribution in [2.45, 2.75) is 6.42 Å². The van der Waals surface area contributed by atoms with Gasteiger partial charge in [-0.05, 0) is 12.1 Å². The monoisotopic (exact) mass is 273 g/mol. The Balaban J connectivity index is 1.88. The van der Waals surface area contributed by atoms with E-state index in [1.54, 1.807) is 0 Å². The van der Waals surface area contributed by atoms with Crippen LogP contribution in [0.3, 0.4) is 0 Å². The third-order valence-electron chi connectivity index (χ3n) is 3.60. The van der Waals surface area contributed by atoms with Crippen LogP contribution in [-0.4, -0.2) is 50.7 Å². The highest BCUT2D eigenvalue weighted by atomic mass is 16.5. The van der Waals surface area contributed by atoms with Crippen molar-refractivity contribution in [3.8, 4) is 6.07 Å². The first-order valence-corrected chi connectivity index (χ1v) is 6.78. The molecule has 0 unspecified atom stereocenters. The highest BCUT2D eigenvalue weighted by Gasteiger charge is 2.19. The van der Waals surface area contributed by atoms with Gasteiger partial charge in [0.15, 0.2) is 0 Å². The molecule has 5 nitrogen and oxygen atoms in total. The van der Waals surface area contributed by atoms with Gasteiger partial charge in [-0.25, -0.2) is 0 Å². The maximum atomic E-state index is 11.1. The molecule has 0 atom stereocenters. The number of benzene rings is 1. The van der Waals surface area contributed by atoms with Gasteiger partial charge in [0.25, 0.3) is 0 Å². The van der Waals surface area contributed by atoms with E-state index in [1.165, 1.54) is 7.11 Å². The zero-order valence-electron chi connectivity index (χ0n) is 11.7. The maximum Gasteiger partial charge on any atom is 0.306 e. The predicted octanol–water partition coefficient (Wildman–Crippen LogP) is 1.24. The summed E-state index contributed by atoms with van der Waals surface area (Å²) >= 11 is 0. The highest BCUT2D eigenvalue weighted by molar-refractivity contribution is 5.69. The minimum atomic E-state index is -0.165. The standard InChI is InChI=1S/C15H19N3O2/c1-20-15(19)6-7-17-8-10-18(11-9-17)14-5-3-2-4-13(14)12-16/h2-5H,6-11H2,1H3. The summed E-state index contributed by atoms with van der Waals surface area (Å²) < 4.78 is 4.65. The van der Waals surface area contributed by atoms with Gasteiger partial charge in [0.05, 0.1) is 24.8 Å². The number of carbonyl (C=O) groups excluding carboxylic acids is 1. The van der Waals surface area contributed by atoms with Gasteiger partial charge in [-0.15, -0.1) is 0 Å². The lowest BCUT2D eigenvalue weighted by atomic mass is 10.1. The molecule has 1 fully saturated rings. The number of nitrogens with zero attached hydrogens (tertiary/aromatic N) is 3. The number of rotatable bonds is 4. The van der Waals surface area contributed by atoms with E-state index in [2.05, 4.69) is 20.6 Å². The lowest BCUT2D eigenvalue weighted by Gasteiger charge is -2.36. The Hall–Kier alpha value is -2.06. The van der Waals surface area contributed by atoms with E-state index in [9.17, 15) is 4.79 Å². The number of piperazine rings is 1. The summed E-state index contributed by atoms with van der Waals surface area (Å²) in [5.74, 6) is -0.165. The topological polar surface area (TPSA) is 56.6 Å². The van der Waals surface area contributed by atoms with Crippen molar-refractivity contribution in [1.29, 1.82) is 5.26 Å². The largest absolute Gasteiger partial charge is 0.469 e. The van der Waals surface area contributed by atoms with Crippen LogP contribution >= 0.6 is 0 Å². The normalized spacial score (nSPS) is 15.7. The van der Waals surface area contributed by atoms with Crippen molar-refractivity contribution in [3.63, 3.8) is 0 Å². The Labute approximate surface area is 119 Å². The van der Waals surface area contributed by atoms with Crippen molar-refractivity contribution < 1.29 is 9.53 Å². The van der Waals surface area contributed by atoms with E-state index in [1.807, 2.05) is 24.3 Å². The van der Waals surface area contributed by atoms with Crippen molar-refractivity contribution >= 4 is 11.7 Å². The lowest BCUT2D eigenvalue weighted by Crippen LogP contribution is -2.47. The minimum Gasteiger partial charge on any atom is -0.469 e. The fourth-order valence-electron chi connectivity index (χ4n) is 2.41. The summed E-state index contributed by atoms with van der Waals surface area (Å²) in [4.78, 5) is 15.6. The van der Waals surface area contributed by atoms with Crippen LogP contribution in [0.25, 0.3) is 0 Å². The molecule has 20 heavy (non-hydrogen) atoms. The predicted molar refractivity (Wildman–Crippen MR) is 76.4 cm³/mol. The molecule has 5 heteroatoms. The van der Waals surface area contributed by atoms with Crippen LogP contribution in [-0.2, 0) is 9.53 Å². The fraction of sp³-hybridized carbons (Fsp3) is 0.467. The number of para-hydroxylation sites is 1. The van der Waals surface area contributed by atoms with Gasteiger partial charge in [-0.1, -0.05) is 12.1 Å². The van der Waals surface area contributed by atoms with Crippen LogP contribution in [0.2, 0.25) is 0 Å². The number of esters is 1. The molecule has 1 aliphatic rings. The average Bonchev–Trinajstić information content (AvgIpc) is 2.53. The number of ether oxygens (including phenoxy) is 1. The second-order valence-corrected chi connectivity index (χ2v) is 4.78. The Morgan fingerprint density at radius 2 is 2.00 bits per heavy atom. The van der Waals surface area contributed by atoms with Crippen molar-refractivity contribution in [2.75, 3.05) is 44.7 Å². The lowest BCUT2D eigenvalue weighted by molar-refractivity contribution is -0.141. The van der Waals surface area contributed by atoms with Crippen LogP contribution in [0, 0.1) is 11.3 Å². The molecule has 0 amide bonds. The van der Waals surface area contributed by atoms with E-state index in [0.717, 1.165) is 44.0 Å². The van der Waals surface area contributed by atoms with E-state index in [4.69, 9.17) is 5.26 Å². The Morgan fingerprint density at radius 1 is 1.30 bits per heavy atom. The van der Waals surface area contributed by atoms with Gasteiger partial charge in [0.1, 0.15) is 6.07 Å². The molecule has 0 aromatic heterocycles. The number of anilines is 1. The molecule has 2 rings (SSSR count). The van der Waals surface area contributed by atoms with Crippen LogP contribution in [0.5, 0.6) is 0 Å². The smallest absolute Gasteiger partial charge is 0.306 e. The van der Waals surface area contributed by atoms with Crippen molar-refractivity contribution in [2.24, 2.45) is 0 Å². The van der Waals surface area contributed by atoms with Crippen LogP contribution in [0.15, 0.2) is 24.3 Å². The number of hydrogen-bond acceptors (Lipinski definition) is 5. The Bertz CT molecular complexity index is 502. The summed E-state index contributed by atoms with van der Waals surface area (Å²) in [6.45, 7) is 4.29. The van der Waals surface area contributed by atoms with Gasteiger partial charge < -0.3 is 9.64 Å². The molecule has 1 aliphatic heterocycles. The summed E-state index contributed by atoms with van der Waals surface area (Å²) in [7, 11) is 1.42. The minimum absolute atomic E-state index is 0.165. The first-order valence-electron chi connectivity index (χ1n) is 6.78. The van der Waals surface area contributed by atoms with E-state index in [0.29, 0.717) is 6.42 Å². The maximum absolute atomic E-state index is 11.1. The molecule has 106 valence electrons. The highest BCUT2D eigenvalue weighted by Crippen LogP contribution is 2.20. The number of carbonyl (C=O) groups is 1. The Kier molecular flexibility index (Phi) is 4.97. The van der Waals surface area contributed by atoms with Crippen LogP contribution < -0.4 is 4.90 Å². The summed E-state index contributed by atoms with van der Waals surface area (Å²) in [5.41, 5.74) is 1.72. The molecule has 0 saturated carbocycles. The molecular formula is C15H19N3O2. The van der Waals surface area contributed by atoms with Gasteiger partial charge >= 0.3 is 5.97 Å². The third-order valence-corrected chi connectivity index (χ3v) is 3.60. The second kappa shape index (κ2) is 6.92. The number of hydrogen-bond donors (Lipinski definition) is 0. The van der Waals surface area contributed by atoms with Gasteiger partial charge in [-0.3, -0.25) is 9.69 Å². The fourth-order valence-corrected chi connectivity index (χ4v) is 2.41. The van der Waals surface area contributed by atoms with Crippen LogP contribution in [0.1, 0.15) is 12.0 Å². The second-order valence-electron chi connectivity index (χ2n) is 4.78. The van der Waals surface area contributed by atoms with Crippen LogP contribution in [0.4, 0.5) is 5.69 Å². The molecule has 1 saturated heterocycles. The zero-order valence-corrected chi connectivity index (χ0v) is 11.7. The number of nitriles is 1. The Morgan fingerprint density at radius 3 is 2.65 bits per heavy atom. The van der Waals surface area contributed by atoms with Crippen molar-refractivity contribution in [3.05, 3.63) is 29.8 Å². The summed E-state index contributed by atoms with van der Waals surface area (Å²) in [5, 5.41) is 9.14. The molecule has 0 N–H and O–H groups in total. The summed E-state index contributed by atoms with van der Waals surface area (Å²) in [6.07, 6.45) is 0.436. The van der Waals surface area contributed by atoms with Crippen molar-refractivity contribution in [1.82, 2.24) is 4.90 Å². The van der Waals surface area contributed by atoms with E-state index in [-0.39, 0.29) is 5.97 Å². The first-order chi connectivity index (χ1) is 9.74. The number of methoxy groups -OCH3 is 1. The third kappa shape index (κ3) is 3.49. The average molecular weight is 273 g/mol. The summed E-state index contributed by atoms with van der Waals surface area (Å²) in [6, 6.07) is 9.91. The molecular weight excluding hydrogens is 254 g/mol. The molecule has 1 aromatic rings. The SMILES string of the molecule is COC(=O)CCN1CCN(c2ccccc2C#N)CC1. The van der Waals surface area contributed by atoms with Gasteiger partial charge in [0, 0.05) is 32.7 Å². The van der Waals surface area contributed by atoms with E-state index < -0.39 is 0 Å². The molecule has 0 spiro atoms. The molecule has 0 radical (unpaired) electrons. The molecule has 0 bridgehead atoms. The molecule has 1 heterocycles. The molecule has 1 aromatic carbocycles. The van der Waals surface area contributed by atoms with Gasteiger partial charge in [-0.2, -0.15) is 5.26 Å².